The minimum atomic E-state index is 0.231. The number of hydrogen-bond donors (Lipinski definition) is 0. The van der Waals surface area contributed by atoms with Crippen LogP contribution >= 0.6 is 22.9 Å². The van der Waals surface area contributed by atoms with E-state index in [1.807, 2.05) is 20.0 Å². The number of rotatable bonds is 7. The lowest BCUT2D eigenvalue weighted by atomic mass is 10.1. The smallest absolute Gasteiger partial charge is 0.138 e. The van der Waals surface area contributed by atoms with Crippen LogP contribution < -0.4 is 0 Å². The van der Waals surface area contributed by atoms with Crippen LogP contribution in [0.2, 0.25) is 5.02 Å². The summed E-state index contributed by atoms with van der Waals surface area (Å²) in [5.74, 6) is 0.231. The van der Waals surface area contributed by atoms with Gasteiger partial charge in [-0.15, -0.1) is 11.3 Å². The van der Waals surface area contributed by atoms with Gasteiger partial charge in [0, 0.05) is 24.8 Å². The molecule has 108 valence electrons. The summed E-state index contributed by atoms with van der Waals surface area (Å²) in [7, 11) is 1.85. The summed E-state index contributed by atoms with van der Waals surface area (Å²) in [6.07, 6.45) is 3.64. The predicted molar refractivity (Wildman–Crippen MR) is 83.6 cm³/mol. The van der Waals surface area contributed by atoms with Crippen LogP contribution in [-0.2, 0) is 31.1 Å². The van der Waals surface area contributed by atoms with Crippen LogP contribution in [0, 0.1) is 0 Å². The van der Waals surface area contributed by atoms with E-state index in [1.165, 1.54) is 4.88 Å². The zero-order valence-electron chi connectivity index (χ0n) is 11.9. The fourth-order valence-electron chi connectivity index (χ4n) is 2.20. The highest BCUT2D eigenvalue weighted by Crippen LogP contribution is 2.22. The van der Waals surface area contributed by atoms with Gasteiger partial charge in [0.05, 0.1) is 16.4 Å². The molecule has 3 nitrogen and oxygen atoms in total. The second kappa shape index (κ2) is 7.04. The molecule has 0 aliphatic rings. The highest BCUT2D eigenvalue weighted by molar-refractivity contribution is 7.09. The molecular weight excluding hydrogens is 292 g/mol. The van der Waals surface area contributed by atoms with Crippen molar-refractivity contribution in [2.24, 2.45) is 7.05 Å². The number of ketones is 1. The van der Waals surface area contributed by atoms with E-state index in [0.29, 0.717) is 17.9 Å². The van der Waals surface area contributed by atoms with Crippen molar-refractivity contribution in [2.45, 2.75) is 39.0 Å². The van der Waals surface area contributed by atoms with Crippen molar-refractivity contribution in [1.82, 2.24) is 9.78 Å². The Bertz CT molecular complexity index is 575. The van der Waals surface area contributed by atoms with Crippen molar-refractivity contribution in [1.29, 1.82) is 0 Å². The van der Waals surface area contributed by atoms with Crippen molar-refractivity contribution < 1.29 is 4.79 Å². The Labute approximate surface area is 128 Å². The van der Waals surface area contributed by atoms with Gasteiger partial charge in [-0.25, -0.2) is 0 Å². The van der Waals surface area contributed by atoms with Crippen molar-refractivity contribution in [3.63, 3.8) is 0 Å². The Kier molecular flexibility index (Phi) is 5.38. The monoisotopic (exact) mass is 310 g/mol. The highest BCUT2D eigenvalue weighted by atomic mass is 35.5. The van der Waals surface area contributed by atoms with Gasteiger partial charge in [0.1, 0.15) is 5.78 Å². The van der Waals surface area contributed by atoms with Crippen LogP contribution in [0.25, 0.3) is 0 Å². The summed E-state index contributed by atoms with van der Waals surface area (Å²) in [4.78, 5) is 13.4. The first-order chi connectivity index (χ1) is 9.61. The SMILES string of the molecule is CCc1nn(C)c(CC(=O)CCCc2cccs2)c1Cl. The second-order valence-corrected chi connectivity index (χ2v) is 6.24. The van der Waals surface area contributed by atoms with Crippen molar-refractivity contribution >= 4 is 28.7 Å². The summed E-state index contributed by atoms with van der Waals surface area (Å²) in [6.45, 7) is 2.01. The number of carbonyl (C=O) groups excluding carboxylic acids is 1. The summed E-state index contributed by atoms with van der Waals surface area (Å²) < 4.78 is 1.73. The van der Waals surface area contributed by atoms with Gasteiger partial charge in [-0.3, -0.25) is 9.48 Å². The molecular formula is C15H19ClN2OS. The molecule has 0 aromatic carbocycles. The molecule has 2 aromatic rings. The van der Waals surface area contributed by atoms with Gasteiger partial charge < -0.3 is 0 Å². The Hall–Kier alpha value is -1.13. The normalized spacial score (nSPS) is 10.9. The largest absolute Gasteiger partial charge is 0.299 e. The fourth-order valence-corrected chi connectivity index (χ4v) is 3.31. The maximum absolute atomic E-state index is 12.0. The summed E-state index contributed by atoms with van der Waals surface area (Å²) in [6, 6.07) is 4.16. The standard InChI is InChI=1S/C15H19ClN2OS/c1-3-13-15(16)14(18(2)17-13)10-11(19)6-4-7-12-8-5-9-20-12/h5,8-9H,3-4,6-7,10H2,1-2H3. The molecule has 0 spiro atoms. The van der Waals surface area contributed by atoms with E-state index in [4.69, 9.17) is 11.6 Å². The molecule has 0 fully saturated rings. The van der Waals surface area contributed by atoms with E-state index in [0.717, 1.165) is 30.7 Å². The number of Topliss-reactive ketones (excluding diaryl/α,β-unsaturated/α-hetero) is 1. The van der Waals surface area contributed by atoms with E-state index < -0.39 is 0 Å². The van der Waals surface area contributed by atoms with E-state index in [2.05, 4.69) is 16.5 Å². The van der Waals surface area contributed by atoms with Gasteiger partial charge >= 0.3 is 0 Å². The maximum atomic E-state index is 12.0. The number of aromatic nitrogens is 2. The van der Waals surface area contributed by atoms with Gasteiger partial charge in [-0.05, 0) is 30.7 Å². The third-order valence-corrected chi connectivity index (χ3v) is 4.70. The lowest BCUT2D eigenvalue weighted by Gasteiger charge is -2.02. The number of carbonyl (C=O) groups is 1. The maximum Gasteiger partial charge on any atom is 0.138 e. The van der Waals surface area contributed by atoms with Crippen molar-refractivity contribution in [3.8, 4) is 0 Å². The minimum Gasteiger partial charge on any atom is -0.299 e. The molecule has 5 heteroatoms. The molecule has 0 aliphatic heterocycles. The van der Waals surface area contributed by atoms with Gasteiger partial charge in [-0.1, -0.05) is 24.6 Å². The fraction of sp³-hybridized carbons (Fsp3) is 0.467. The molecule has 0 saturated carbocycles. The first-order valence-electron chi connectivity index (χ1n) is 6.86. The number of halogens is 1. The van der Waals surface area contributed by atoms with E-state index in [1.54, 1.807) is 16.0 Å². The molecule has 0 N–H and O–H groups in total. The number of hydrogen-bond acceptors (Lipinski definition) is 3. The minimum absolute atomic E-state index is 0.231. The van der Waals surface area contributed by atoms with Gasteiger partial charge in [0.25, 0.3) is 0 Å². The second-order valence-electron chi connectivity index (χ2n) is 4.83. The number of nitrogens with zero attached hydrogens (tertiary/aromatic N) is 2. The molecule has 0 saturated heterocycles. The Morgan fingerprint density at radius 2 is 2.30 bits per heavy atom. The van der Waals surface area contributed by atoms with Crippen LogP contribution in [-0.4, -0.2) is 15.6 Å². The average Bonchev–Trinajstić information content (AvgIpc) is 3.02. The summed E-state index contributed by atoms with van der Waals surface area (Å²) in [5.41, 5.74) is 1.71. The molecule has 0 aliphatic carbocycles. The lowest BCUT2D eigenvalue weighted by Crippen LogP contribution is -2.08. The zero-order valence-corrected chi connectivity index (χ0v) is 13.4. The molecule has 0 atom stereocenters. The lowest BCUT2D eigenvalue weighted by molar-refractivity contribution is -0.118. The summed E-state index contributed by atoms with van der Waals surface area (Å²) >= 11 is 8.00. The number of aryl methyl sites for hydroxylation is 3. The van der Waals surface area contributed by atoms with Crippen molar-refractivity contribution in [2.75, 3.05) is 0 Å². The van der Waals surface area contributed by atoms with Gasteiger partial charge in [0.15, 0.2) is 0 Å². The highest BCUT2D eigenvalue weighted by Gasteiger charge is 2.15. The molecule has 2 heterocycles. The zero-order chi connectivity index (χ0) is 14.5. The van der Waals surface area contributed by atoms with Gasteiger partial charge in [-0.2, -0.15) is 5.10 Å². The van der Waals surface area contributed by atoms with Crippen LogP contribution in [0.1, 0.15) is 36.0 Å². The third-order valence-electron chi connectivity index (χ3n) is 3.33. The molecule has 0 amide bonds. The van der Waals surface area contributed by atoms with E-state index >= 15 is 0 Å². The molecule has 2 rings (SSSR count). The molecule has 20 heavy (non-hydrogen) atoms. The van der Waals surface area contributed by atoms with E-state index in [9.17, 15) is 4.79 Å². The molecule has 0 unspecified atom stereocenters. The van der Waals surface area contributed by atoms with Crippen LogP contribution in [0.5, 0.6) is 0 Å². The first-order valence-corrected chi connectivity index (χ1v) is 8.12. The van der Waals surface area contributed by atoms with Crippen LogP contribution in [0.15, 0.2) is 17.5 Å². The van der Waals surface area contributed by atoms with Gasteiger partial charge in [0.2, 0.25) is 0 Å². The van der Waals surface area contributed by atoms with Crippen molar-refractivity contribution in [3.05, 3.63) is 38.8 Å². The molecule has 0 bridgehead atoms. The Morgan fingerprint density at radius 1 is 1.50 bits per heavy atom. The summed E-state index contributed by atoms with van der Waals surface area (Å²) in [5, 5.41) is 7.06. The number of thiophene rings is 1. The quantitative estimate of drug-likeness (QED) is 0.779. The van der Waals surface area contributed by atoms with Crippen LogP contribution in [0.3, 0.4) is 0 Å². The van der Waals surface area contributed by atoms with E-state index in [-0.39, 0.29) is 5.78 Å². The van der Waals surface area contributed by atoms with Crippen LogP contribution in [0.4, 0.5) is 0 Å². The first kappa shape index (κ1) is 15.3. The predicted octanol–water partition coefficient (Wildman–Crippen LogP) is 3.83. The third kappa shape index (κ3) is 3.70. The Morgan fingerprint density at radius 3 is 2.90 bits per heavy atom. The average molecular weight is 311 g/mol. The molecule has 2 aromatic heterocycles. The molecule has 0 radical (unpaired) electrons. The Balaban J connectivity index is 1.86. The topological polar surface area (TPSA) is 34.9 Å².